The van der Waals surface area contributed by atoms with Crippen LogP contribution >= 0.6 is 24.0 Å². The molecule has 146 valence electrons. The highest BCUT2D eigenvalue weighted by Gasteiger charge is 2.06. The lowest BCUT2D eigenvalue weighted by Gasteiger charge is -2.14. The van der Waals surface area contributed by atoms with E-state index in [0.29, 0.717) is 19.0 Å². The molecule has 1 rings (SSSR count). The van der Waals surface area contributed by atoms with Crippen LogP contribution in [0.3, 0.4) is 0 Å². The summed E-state index contributed by atoms with van der Waals surface area (Å²) in [7, 11) is 3.30. The third-order valence-corrected chi connectivity index (χ3v) is 2.97. The molecule has 0 aliphatic heterocycles. The molecule has 2 N–H and O–H groups in total. The Bertz CT molecular complexity index is 639. The number of amides is 1. The Hall–Kier alpha value is -1.91. The molecule has 0 bridgehead atoms. The fraction of sp³-hybridized carbons (Fsp3) is 0.412. The molecule has 1 amide bonds. The van der Waals surface area contributed by atoms with Gasteiger partial charge in [-0.25, -0.2) is 13.8 Å². The number of halogens is 3. The quantitative estimate of drug-likeness (QED) is 0.196. The van der Waals surface area contributed by atoms with Gasteiger partial charge in [0.05, 0.1) is 6.54 Å². The van der Waals surface area contributed by atoms with Crippen LogP contribution in [0.5, 0.6) is 5.75 Å². The Morgan fingerprint density at radius 2 is 2.00 bits per heavy atom. The summed E-state index contributed by atoms with van der Waals surface area (Å²) < 4.78 is 31.5. The van der Waals surface area contributed by atoms with Crippen LogP contribution in [0.15, 0.2) is 35.3 Å². The lowest BCUT2D eigenvalue weighted by molar-refractivity contribution is -0.127. The predicted molar refractivity (Wildman–Crippen MR) is 109 cm³/mol. The summed E-state index contributed by atoms with van der Waals surface area (Å²) in [5.41, 5.74) is 0.901. The van der Waals surface area contributed by atoms with E-state index in [1.165, 1.54) is 11.0 Å². The minimum Gasteiger partial charge on any atom is -0.489 e. The Labute approximate surface area is 169 Å². The van der Waals surface area contributed by atoms with Gasteiger partial charge in [0.25, 0.3) is 0 Å². The standard InChI is InChI=1S/C17H24F2N4O2.HI/c1-12(2)10-21-17(22-11-16(24)23(3)4)20-7-8-25-15-6-5-13(18)9-14(15)19;/h5-6,9H,1,7-8,10-11H2,2-4H3,(H2,20,21,22);1H. The van der Waals surface area contributed by atoms with E-state index >= 15 is 0 Å². The van der Waals surface area contributed by atoms with Crippen LogP contribution in [0.4, 0.5) is 8.78 Å². The average molecular weight is 482 g/mol. The Kier molecular flexibility index (Phi) is 11.5. The zero-order valence-corrected chi connectivity index (χ0v) is 17.5. The number of guanidine groups is 1. The maximum atomic E-state index is 13.5. The minimum absolute atomic E-state index is 0. The second kappa shape index (κ2) is 12.4. The van der Waals surface area contributed by atoms with Crippen molar-refractivity contribution in [1.82, 2.24) is 15.5 Å². The van der Waals surface area contributed by atoms with Gasteiger partial charge in [-0.05, 0) is 19.1 Å². The summed E-state index contributed by atoms with van der Waals surface area (Å²) in [6.45, 7) is 6.58. The molecule has 0 fully saturated rings. The molecule has 26 heavy (non-hydrogen) atoms. The molecule has 0 saturated heterocycles. The second-order valence-corrected chi connectivity index (χ2v) is 5.61. The normalized spacial score (nSPS) is 10.6. The molecule has 0 heterocycles. The smallest absolute Gasteiger partial charge is 0.243 e. The van der Waals surface area contributed by atoms with Crippen molar-refractivity contribution in [2.24, 2.45) is 4.99 Å². The van der Waals surface area contributed by atoms with E-state index in [1.54, 1.807) is 14.1 Å². The van der Waals surface area contributed by atoms with E-state index in [4.69, 9.17) is 4.74 Å². The third kappa shape index (κ3) is 9.54. The van der Waals surface area contributed by atoms with Gasteiger partial charge in [0.15, 0.2) is 17.5 Å². The van der Waals surface area contributed by atoms with Gasteiger partial charge in [0, 0.05) is 26.7 Å². The van der Waals surface area contributed by atoms with E-state index in [2.05, 4.69) is 22.2 Å². The maximum absolute atomic E-state index is 13.5. The predicted octanol–water partition coefficient (Wildman–Crippen LogP) is 2.16. The Balaban J connectivity index is 0.00000625. The lowest BCUT2D eigenvalue weighted by Crippen LogP contribution is -2.41. The Morgan fingerprint density at radius 3 is 2.58 bits per heavy atom. The lowest BCUT2D eigenvalue weighted by atomic mass is 10.3. The maximum Gasteiger partial charge on any atom is 0.243 e. The first kappa shape index (κ1) is 24.1. The van der Waals surface area contributed by atoms with Gasteiger partial charge in [-0.1, -0.05) is 12.2 Å². The van der Waals surface area contributed by atoms with Crippen molar-refractivity contribution in [3.8, 4) is 5.75 Å². The number of carbonyl (C=O) groups excluding carboxylic acids is 1. The van der Waals surface area contributed by atoms with Gasteiger partial charge in [-0.3, -0.25) is 4.79 Å². The average Bonchev–Trinajstić information content (AvgIpc) is 2.54. The van der Waals surface area contributed by atoms with Gasteiger partial charge >= 0.3 is 0 Å². The van der Waals surface area contributed by atoms with Crippen molar-refractivity contribution in [2.45, 2.75) is 6.92 Å². The first-order valence-corrected chi connectivity index (χ1v) is 7.74. The molecule has 1 aromatic carbocycles. The summed E-state index contributed by atoms with van der Waals surface area (Å²) in [5, 5.41) is 6.00. The molecule has 0 radical (unpaired) electrons. The fourth-order valence-electron chi connectivity index (χ4n) is 1.62. The summed E-state index contributed by atoms with van der Waals surface area (Å²) in [6, 6.07) is 3.12. The van der Waals surface area contributed by atoms with Crippen molar-refractivity contribution < 1.29 is 18.3 Å². The number of aliphatic imine (C=N–C) groups is 1. The molecular weight excluding hydrogens is 457 g/mol. The van der Waals surface area contributed by atoms with E-state index in [0.717, 1.165) is 17.7 Å². The van der Waals surface area contributed by atoms with Crippen molar-refractivity contribution in [3.63, 3.8) is 0 Å². The number of likely N-dealkylation sites (N-methyl/N-ethyl adjacent to an activating group) is 1. The van der Waals surface area contributed by atoms with Crippen LogP contribution in [0.1, 0.15) is 6.92 Å². The molecule has 1 aromatic rings. The van der Waals surface area contributed by atoms with E-state index < -0.39 is 11.6 Å². The van der Waals surface area contributed by atoms with E-state index in [1.807, 2.05) is 6.92 Å². The molecule has 0 aliphatic rings. The third-order valence-electron chi connectivity index (χ3n) is 2.97. The summed E-state index contributed by atoms with van der Waals surface area (Å²) in [4.78, 5) is 17.2. The minimum atomic E-state index is -0.758. The number of ether oxygens (including phenoxy) is 1. The largest absolute Gasteiger partial charge is 0.489 e. The zero-order chi connectivity index (χ0) is 18.8. The molecule has 0 aromatic heterocycles. The topological polar surface area (TPSA) is 66.0 Å². The number of hydrogen-bond donors (Lipinski definition) is 2. The van der Waals surface area contributed by atoms with Gasteiger partial charge in [0.1, 0.15) is 19.0 Å². The van der Waals surface area contributed by atoms with Gasteiger partial charge in [-0.2, -0.15) is 0 Å². The molecule has 0 aliphatic carbocycles. The van der Waals surface area contributed by atoms with Crippen LogP contribution in [-0.4, -0.2) is 57.1 Å². The number of hydrogen-bond acceptors (Lipinski definition) is 3. The first-order valence-electron chi connectivity index (χ1n) is 7.74. The van der Waals surface area contributed by atoms with E-state index in [9.17, 15) is 13.6 Å². The zero-order valence-electron chi connectivity index (χ0n) is 15.1. The van der Waals surface area contributed by atoms with Crippen LogP contribution in [-0.2, 0) is 4.79 Å². The van der Waals surface area contributed by atoms with Crippen LogP contribution in [0, 0.1) is 11.6 Å². The summed E-state index contributed by atoms with van der Waals surface area (Å²) >= 11 is 0. The monoisotopic (exact) mass is 482 g/mol. The number of carbonyl (C=O) groups is 1. The number of nitrogens with one attached hydrogen (secondary N) is 2. The first-order chi connectivity index (χ1) is 11.8. The molecule has 6 nitrogen and oxygen atoms in total. The fourth-order valence-corrected chi connectivity index (χ4v) is 1.62. The second-order valence-electron chi connectivity index (χ2n) is 5.61. The van der Waals surface area contributed by atoms with Crippen LogP contribution < -0.4 is 15.4 Å². The number of benzene rings is 1. The number of nitrogens with zero attached hydrogens (tertiary/aromatic N) is 2. The van der Waals surface area contributed by atoms with Crippen molar-refractivity contribution in [3.05, 3.63) is 42.0 Å². The van der Waals surface area contributed by atoms with Crippen LogP contribution in [0.25, 0.3) is 0 Å². The highest BCUT2D eigenvalue weighted by atomic mass is 127. The summed E-state index contributed by atoms with van der Waals surface area (Å²) in [6.07, 6.45) is 0. The molecule has 0 atom stereocenters. The Morgan fingerprint density at radius 1 is 1.31 bits per heavy atom. The molecule has 9 heteroatoms. The van der Waals surface area contributed by atoms with Gasteiger partial charge in [0.2, 0.25) is 5.91 Å². The molecular formula is C17H25F2IN4O2. The highest BCUT2D eigenvalue weighted by Crippen LogP contribution is 2.17. The van der Waals surface area contributed by atoms with Gasteiger partial charge < -0.3 is 20.3 Å². The molecule has 0 unspecified atom stereocenters. The van der Waals surface area contributed by atoms with E-state index in [-0.39, 0.29) is 48.8 Å². The SMILES string of the molecule is C=C(C)CNC(=NCC(=O)N(C)C)NCCOc1ccc(F)cc1F.I. The highest BCUT2D eigenvalue weighted by molar-refractivity contribution is 14.0. The van der Waals surface area contributed by atoms with Crippen molar-refractivity contribution in [2.75, 3.05) is 40.3 Å². The van der Waals surface area contributed by atoms with Crippen LogP contribution in [0.2, 0.25) is 0 Å². The van der Waals surface area contributed by atoms with Gasteiger partial charge in [-0.15, -0.1) is 24.0 Å². The van der Waals surface area contributed by atoms with Crippen molar-refractivity contribution >= 4 is 35.8 Å². The number of rotatable bonds is 8. The molecule has 0 spiro atoms. The van der Waals surface area contributed by atoms with Crippen molar-refractivity contribution in [1.29, 1.82) is 0 Å². The summed E-state index contributed by atoms with van der Waals surface area (Å²) in [5.74, 6) is -1.17. The molecule has 0 saturated carbocycles.